The van der Waals surface area contributed by atoms with Crippen LogP contribution < -0.4 is 14.8 Å². The highest BCUT2D eigenvalue weighted by Crippen LogP contribution is 2.37. The molecule has 0 atom stereocenters. The lowest BCUT2D eigenvalue weighted by Gasteiger charge is -2.16. The standard InChI is InChI=1S/C24H25ClFNO2.ClH/c1-2-28-23-15-20(16-27-13-12-18-6-4-3-5-7-18)14-22(25)24(23)29-17-19-8-10-21(26)11-9-19;/h3-11,14-15,27H,2,12-13,16-17H2,1H3;1H. The van der Waals surface area contributed by atoms with Crippen LogP contribution in [0.4, 0.5) is 4.39 Å². The fourth-order valence-corrected chi connectivity index (χ4v) is 3.26. The first kappa shape index (κ1) is 24.0. The van der Waals surface area contributed by atoms with Crippen molar-refractivity contribution in [2.75, 3.05) is 13.2 Å². The number of nitrogens with one attached hydrogen (secondary N) is 1. The molecular formula is C24H26Cl2FNO2. The maximum atomic E-state index is 13.1. The third-order valence-corrected chi connectivity index (χ3v) is 4.71. The predicted molar refractivity (Wildman–Crippen MR) is 122 cm³/mol. The van der Waals surface area contributed by atoms with E-state index in [0.717, 1.165) is 24.1 Å². The van der Waals surface area contributed by atoms with Gasteiger partial charge in [0.1, 0.15) is 12.4 Å². The third kappa shape index (κ3) is 7.21. The highest BCUT2D eigenvalue weighted by molar-refractivity contribution is 6.32. The summed E-state index contributed by atoms with van der Waals surface area (Å²) in [5.41, 5.74) is 3.19. The number of hydrogen-bond acceptors (Lipinski definition) is 3. The van der Waals surface area contributed by atoms with E-state index >= 15 is 0 Å². The summed E-state index contributed by atoms with van der Waals surface area (Å²) in [4.78, 5) is 0. The van der Waals surface area contributed by atoms with Gasteiger partial charge < -0.3 is 14.8 Å². The molecular weight excluding hydrogens is 424 g/mol. The zero-order valence-electron chi connectivity index (χ0n) is 16.9. The van der Waals surface area contributed by atoms with Crippen molar-refractivity contribution in [1.29, 1.82) is 0 Å². The molecule has 0 saturated carbocycles. The number of ether oxygens (including phenoxy) is 2. The minimum Gasteiger partial charge on any atom is -0.490 e. The van der Waals surface area contributed by atoms with Crippen molar-refractivity contribution >= 4 is 24.0 Å². The van der Waals surface area contributed by atoms with E-state index in [2.05, 4.69) is 17.4 Å². The second-order valence-electron chi connectivity index (χ2n) is 6.67. The summed E-state index contributed by atoms with van der Waals surface area (Å²) in [5, 5.41) is 3.94. The van der Waals surface area contributed by atoms with Gasteiger partial charge in [0.05, 0.1) is 11.6 Å². The maximum absolute atomic E-state index is 13.1. The molecule has 0 amide bonds. The first-order valence-corrected chi connectivity index (χ1v) is 10.1. The van der Waals surface area contributed by atoms with Gasteiger partial charge in [-0.25, -0.2) is 4.39 Å². The van der Waals surface area contributed by atoms with Crippen LogP contribution in [0.15, 0.2) is 66.7 Å². The highest BCUT2D eigenvalue weighted by atomic mass is 35.5. The zero-order chi connectivity index (χ0) is 20.5. The molecule has 0 fully saturated rings. The molecule has 0 unspecified atom stereocenters. The molecule has 30 heavy (non-hydrogen) atoms. The van der Waals surface area contributed by atoms with Gasteiger partial charge >= 0.3 is 0 Å². The van der Waals surface area contributed by atoms with Crippen LogP contribution in [0.2, 0.25) is 5.02 Å². The molecule has 160 valence electrons. The molecule has 0 aromatic heterocycles. The Balaban J connectivity index is 0.00000320. The Kier molecular flexibility index (Phi) is 9.95. The summed E-state index contributed by atoms with van der Waals surface area (Å²) in [7, 11) is 0. The first-order chi connectivity index (χ1) is 14.2. The lowest BCUT2D eigenvalue weighted by atomic mass is 10.1. The highest BCUT2D eigenvalue weighted by Gasteiger charge is 2.13. The fourth-order valence-electron chi connectivity index (χ4n) is 2.97. The van der Waals surface area contributed by atoms with Gasteiger partial charge in [-0.15, -0.1) is 12.4 Å². The van der Waals surface area contributed by atoms with Crippen LogP contribution in [0, 0.1) is 5.82 Å². The van der Waals surface area contributed by atoms with Gasteiger partial charge in [-0.3, -0.25) is 0 Å². The van der Waals surface area contributed by atoms with E-state index < -0.39 is 0 Å². The average molecular weight is 450 g/mol. The van der Waals surface area contributed by atoms with E-state index in [0.29, 0.717) is 29.7 Å². The van der Waals surface area contributed by atoms with Crippen molar-refractivity contribution in [2.45, 2.75) is 26.5 Å². The third-order valence-electron chi connectivity index (χ3n) is 4.43. The summed E-state index contributed by atoms with van der Waals surface area (Å²) >= 11 is 6.48. The van der Waals surface area contributed by atoms with Crippen molar-refractivity contribution in [3.63, 3.8) is 0 Å². The quantitative estimate of drug-likeness (QED) is 0.373. The van der Waals surface area contributed by atoms with Crippen LogP contribution >= 0.6 is 24.0 Å². The van der Waals surface area contributed by atoms with E-state index in [9.17, 15) is 4.39 Å². The molecule has 3 aromatic rings. The molecule has 0 aliphatic rings. The Hall–Kier alpha value is -2.27. The smallest absolute Gasteiger partial charge is 0.180 e. The lowest BCUT2D eigenvalue weighted by Crippen LogP contribution is -2.16. The van der Waals surface area contributed by atoms with Crippen molar-refractivity contribution < 1.29 is 13.9 Å². The maximum Gasteiger partial charge on any atom is 0.180 e. The van der Waals surface area contributed by atoms with E-state index in [-0.39, 0.29) is 24.8 Å². The fraction of sp³-hybridized carbons (Fsp3) is 0.250. The van der Waals surface area contributed by atoms with Crippen LogP contribution in [0.1, 0.15) is 23.6 Å². The van der Waals surface area contributed by atoms with Crippen LogP contribution in [0.5, 0.6) is 11.5 Å². The van der Waals surface area contributed by atoms with Crippen molar-refractivity contribution in [1.82, 2.24) is 5.32 Å². The summed E-state index contributed by atoms with van der Waals surface area (Å²) in [6.45, 7) is 4.27. The van der Waals surface area contributed by atoms with Crippen molar-refractivity contribution in [3.05, 3.63) is 94.3 Å². The van der Waals surface area contributed by atoms with Gasteiger partial charge in [-0.2, -0.15) is 0 Å². The molecule has 1 N–H and O–H groups in total. The second-order valence-corrected chi connectivity index (χ2v) is 7.07. The molecule has 0 spiro atoms. The van der Waals surface area contributed by atoms with Crippen LogP contribution in [-0.4, -0.2) is 13.2 Å². The molecule has 3 aromatic carbocycles. The summed E-state index contributed by atoms with van der Waals surface area (Å²) in [5.74, 6) is 0.846. The molecule has 3 nitrogen and oxygen atoms in total. The Bertz CT molecular complexity index is 905. The monoisotopic (exact) mass is 449 g/mol. The normalized spacial score (nSPS) is 10.4. The van der Waals surface area contributed by atoms with Crippen molar-refractivity contribution in [2.24, 2.45) is 0 Å². The molecule has 6 heteroatoms. The number of benzene rings is 3. The first-order valence-electron chi connectivity index (χ1n) is 9.73. The summed E-state index contributed by atoms with van der Waals surface area (Å²) in [6.07, 6.45) is 0.964. The summed E-state index contributed by atoms with van der Waals surface area (Å²) in [6, 6.07) is 20.4. The predicted octanol–water partition coefficient (Wildman–Crippen LogP) is 6.21. The average Bonchev–Trinajstić information content (AvgIpc) is 2.73. The molecule has 0 saturated heterocycles. The van der Waals surface area contributed by atoms with Gasteiger partial charge in [0, 0.05) is 6.54 Å². The van der Waals surface area contributed by atoms with Gasteiger partial charge in [0.15, 0.2) is 11.5 Å². The van der Waals surface area contributed by atoms with E-state index in [1.54, 1.807) is 12.1 Å². The molecule has 0 bridgehead atoms. The van der Waals surface area contributed by atoms with E-state index in [1.165, 1.54) is 17.7 Å². The second kappa shape index (κ2) is 12.4. The van der Waals surface area contributed by atoms with E-state index in [1.807, 2.05) is 37.3 Å². The topological polar surface area (TPSA) is 30.5 Å². The Morgan fingerprint density at radius 2 is 1.63 bits per heavy atom. The SMILES string of the molecule is CCOc1cc(CNCCc2ccccc2)cc(Cl)c1OCc1ccc(F)cc1.Cl. The molecule has 3 rings (SSSR count). The Morgan fingerprint density at radius 1 is 0.900 bits per heavy atom. The van der Waals surface area contributed by atoms with Gasteiger partial charge in [0.2, 0.25) is 0 Å². The Morgan fingerprint density at radius 3 is 2.33 bits per heavy atom. The molecule has 0 radical (unpaired) electrons. The lowest BCUT2D eigenvalue weighted by molar-refractivity contribution is 0.269. The zero-order valence-corrected chi connectivity index (χ0v) is 18.4. The minimum absolute atomic E-state index is 0. The molecule has 0 heterocycles. The van der Waals surface area contributed by atoms with Gasteiger partial charge in [0.25, 0.3) is 0 Å². The van der Waals surface area contributed by atoms with E-state index in [4.69, 9.17) is 21.1 Å². The number of halogens is 3. The van der Waals surface area contributed by atoms with Gasteiger partial charge in [-0.05, 0) is 60.8 Å². The minimum atomic E-state index is -0.272. The van der Waals surface area contributed by atoms with Crippen LogP contribution in [0.3, 0.4) is 0 Å². The molecule has 0 aliphatic carbocycles. The van der Waals surface area contributed by atoms with Gasteiger partial charge in [-0.1, -0.05) is 54.1 Å². The Labute approximate surface area is 188 Å². The largest absolute Gasteiger partial charge is 0.490 e. The summed E-state index contributed by atoms with van der Waals surface area (Å²) < 4.78 is 24.7. The molecule has 0 aliphatic heterocycles. The number of rotatable bonds is 10. The van der Waals surface area contributed by atoms with Crippen molar-refractivity contribution in [3.8, 4) is 11.5 Å². The van der Waals surface area contributed by atoms with Crippen LogP contribution in [0.25, 0.3) is 0 Å². The number of hydrogen-bond donors (Lipinski definition) is 1. The van der Waals surface area contributed by atoms with Crippen LogP contribution in [-0.2, 0) is 19.6 Å².